The molecule has 0 fully saturated rings. The van der Waals surface area contributed by atoms with Gasteiger partial charge >= 0.3 is 0 Å². The van der Waals surface area contributed by atoms with Crippen LogP contribution >= 0.6 is 34.5 Å². The van der Waals surface area contributed by atoms with E-state index in [0.717, 1.165) is 17.2 Å². The summed E-state index contributed by atoms with van der Waals surface area (Å²) in [5.41, 5.74) is 1.78. The monoisotopic (exact) mass is 328 g/mol. The van der Waals surface area contributed by atoms with Crippen molar-refractivity contribution < 1.29 is 4.92 Å². The van der Waals surface area contributed by atoms with Crippen LogP contribution < -0.4 is 5.32 Å². The summed E-state index contributed by atoms with van der Waals surface area (Å²) in [6.07, 6.45) is 1.91. The van der Waals surface area contributed by atoms with Gasteiger partial charge in [-0.25, -0.2) is 0 Å². The lowest BCUT2D eigenvalue weighted by atomic mass is 10.1. The van der Waals surface area contributed by atoms with Crippen LogP contribution in [0.5, 0.6) is 0 Å². The molecule has 1 aromatic carbocycles. The number of anilines is 1. The first kappa shape index (κ1) is 13.7. The molecule has 3 rings (SSSR count). The van der Waals surface area contributed by atoms with Gasteiger partial charge in [0.1, 0.15) is 0 Å². The summed E-state index contributed by atoms with van der Waals surface area (Å²) in [6.45, 7) is 0. The molecule has 104 valence electrons. The molecule has 0 radical (unpaired) electrons. The van der Waals surface area contributed by atoms with Crippen molar-refractivity contribution in [3.63, 3.8) is 0 Å². The minimum absolute atomic E-state index is 0.0264. The van der Waals surface area contributed by atoms with Crippen LogP contribution in [0.4, 0.5) is 11.4 Å². The maximum absolute atomic E-state index is 10.8. The van der Waals surface area contributed by atoms with Crippen LogP contribution in [0.1, 0.15) is 22.9 Å². The molecule has 1 atom stereocenters. The largest absolute Gasteiger partial charge is 0.377 e. The van der Waals surface area contributed by atoms with Crippen molar-refractivity contribution >= 4 is 45.9 Å². The Morgan fingerprint density at radius 3 is 2.90 bits per heavy atom. The molecule has 0 bridgehead atoms. The van der Waals surface area contributed by atoms with E-state index < -0.39 is 4.92 Å². The van der Waals surface area contributed by atoms with Crippen molar-refractivity contribution in [2.45, 2.75) is 18.9 Å². The third-order valence-electron chi connectivity index (χ3n) is 3.34. The van der Waals surface area contributed by atoms with E-state index in [1.54, 1.807) is 17.4 Å². The van der Waals surface area contributed by atoms with Crippen molar-refractivity contribution in [3.8, 4) is 0 Å². The first-order valence-corrected chi connectivity index (χ1v) is 7.60. The van der Waals surface area contributed by atoms with Crippen LogP contribution in [-0.2, 0) is 6.42 Å². The Kier molecular flexibility index (Phi) is 3.58. The highest BCUT2D eigenvalue weighted by Crippen LogP contribution is 2.42. The van der Waals surface area contributed by atoms with Crippen LogP contribution in [-0.4, -0.2) is 4.92 Å². The smallest absolute Gasteiger partial charge is 0.271 e. The van der Waals surface area contributed by atoms with Gasteiger partial charge in [-0.05, 0) is 30.5 Å². The number of hydrogen-bond donors (Lipinski definition) is 1. The molecule has 1 aliphatic carbocycles. The second kappa shape index (κ2) is 5.24. The number of non-ortho nitro benzene ring substituents is 1. The summed E-state index contributed by atoms with van der Waals surface area (Å²) >= 11 is 13.7. The van der Waals surface area contributed by atoms with Gasteiger partial charge in [0, 0.05) is 17.0 Å². The molecule has 0 saturated heterocycles. The van der Waals surface area contributed by atoms with E-state index in [1.165, 1.54) is 22.6 Å². The molecule has 7 heteroatoms. The lowest BCUT2D eigenvalue weighted by molar-refractivity contribution is -0.384. The molecular formula is C13H10Cl2N2O2S. The summed E-state index contributed by atoms with van der Waals surface area (Å²) in [4.78, 5) is 11.7. The van der Waals surface area contributed by atoms with Crippen molar-refractivity contribution in [1.82, 2.24) is 0 Å². The van der Waals surface area contributed by atoms with E-state index in [1.807, 2.05) is 6.07 Å². The quantitative estimate of drug-likeness (QED) is 0.632. The molecule has 4 nitrogen and oxygen atoms in total. The lowest BCUT2D eigenvalue weighted by Gasteiger charge is -2.15. The van der Waals surface area contributed by atoms with Crippen molar-refractivity contribution in [1.29, 1.82) is 0 Å². The van der Waals surface area contributed by atoms with E-state index in [9.17, 15) is 10.1 Å². The average Bonchev–Trinajstić information content (AvgIpc) is 2.92. The van der Waals surface area contributed by atoms with E-state index in [4.69, 9.17) is 23.2 Å². The van der Waals surface area contributed by atoms with E-state index >= 15 is 0 Å². The topological polar surface area (TPSA) is 55.2 Å². The molecular weight excluding hydrogens is 319 g/mol. The number of aryl methyl sites for hydroxylation is 1. The Morgan fingerprint density at radius 1 is 1.35 bits per heavy atom. The number of nitrogens with zero attached hydrogens (tertiary/aromatic N) is 1. The molecule has 20 heavy (non-hydrogen) atoms. The van der Waals surface area contributed by atoms with Crippen molar-refractivity contribution in [3.05, 3.63) is 54.2 Å². The second-order valence-corrected chi connectivity index (χ2v) is 6.76. The second-order valence-electron chi connectivity index (χ2n) is 4.59. The SMILES string of the molecule is O=[N+]([O-])c1ccc(Cl)c(NC2CCc3sc(Cl)cc32)c1. The first-order valence-electron chi connectivity index (χ1n) is 6.03. The van der Waals surface area contributed by atoms with Crippen LogP contribution in [0.25, 0.3) is 0 Å². The summed E-state index contributed by atoms with van der Waals surface area (Å²) in [5, 5.41) is 14.6. The van der Waals surface area contributed by atoms with Gasteiger partial charge in [-0.15, -0.1) is 11.3 Å². The van der Waals surface area contributed by atoms with Gasteiger partial charge in [0.2, 0.25) is 0 Å². The Hall–Kier alpha value is -1.30. The number of nitro groups is 1. The third kappa shape index (κ3) is 2.49. The Labute approximate surface area is 129 Å². The minimum Gasteiger partial charge on any atom is -0.377 e. The number of benzene rings is 1. The van der Waals surface area contributed by atoms with Gasteiger partial charge in [0.15, 0.2) is 0 Å². The molecule has 1 N–H and O–H groups in total. The number of thiophene rings is 1. The Morgan fingerprint density at radius 2 is 2.15 bits per heavy atom. The normalized spacial score (nSPS) is 17.0. The molecule has 2 aromatic rings. The predicted molar refractivity (Wildman–Crippen MR) is 82.1 cm³/mol. The van der Waals surface area contributed by atoms with Crippen molar-refractivity contribution in [2.24, 2.45) is 0 Å². The van der Waals surface area contributed by atoms with Gasteiger partial charge in [-0.3, -0.25) is 10.1 Å². The van der Waals surface area contributed by atoms with Gasteiger partial charge in [-0.1, -0.05) is 23.2 Å². The zero-order valence-electron chi connectivity index (χ0n) is 10.2. The average molecular weight is 329 g/mol. The number of fused-ring (bicyclic) bond motifs is 1. The summed E-state index contributed by atoms with van der Waals surface area (Å²) in [6, 6.07) is 6.47. The van der Waals surface area contributed by atoms with Crippen LogP contribution in [0, 0.1) is 10.1 Å². The van der Waals surface area contributed by atoms with Gasteiger partial charge in [0.25, 0.3) is 5.69 Å². The zero-order chi connectivity index (χ0) is 14.3. The maximum Gasteiger partial charge on any atom is 0.271 e. The Balaban J connectivity index is 1.88. The summed E-state index contributed by atoms with van der Waals surface area (Å²) in [5.74, 6) is 0. The summed E-state index contributed by atoms with van der Waals surface area (Å²) in [7, 11) is 0. The molecule has 0 saturated carbocycles. The number of nitrogens with one attached hydrogen (secondary N) is 1. The lowest BCUT2D eigenvalue weighted by Crippen LogP contribution is -2.07. The molecule has 0 amide bonds. The first-order chi connectivity index (χ1) is 9.54. The maximum atomic E-state index is 10.8. The highest BCUT2D eigenvalue weighted by Gasteiger charge is 2.26. The van der Waals surface area contributed by atoms with Crippen LogP contribution in [0.3, 0.4) is 0 Å². The number of halogens is 2. The summed E-state index contributed by atoms with van der Waals surface area (Å²) < 4.78 is 0.770. The van der Waals surface area contributed by atoms with Gasteiger partial charge in [-0.2, -0.15) is 0 Å². The van der Waals surface area contributed by atoms with Crippen molar-refractivity contribution in [2.75, 3.05) is 5.32 Å². The standard InChI is InChI=1S/C13H10Cl2N2O2S/c14-9-2-1-7(17(18)19)5-11(9)16-10-3-4-12-8(10)6-13(15)20-12/h1-2,5-6,10,16H,3-4H2. The fraction of sp³-hybridized carbons (Fsp3) is 0.231. The van der Waals surface area contributed by atoms with Crippen LogP contribution in [0.2, 0.25) is 9.36 Å². The van der Waals surface area contributed by atoms with Crippen LogP contribution in [0.15, 0.2) is 24.3 Å². The molecule has 0 spiro atoms. The van der Waals surface area contributed by atoms with E-state index in [-0.39, 0.29) is 11.7 Å². The minimum atomic E-state index is -0.428. The Bertz CT molecular complexity index is 687. The number of nitro benzene ring substituents is 1. The number of hydrogen-bond acceptors (Lipinski definition) is 4. The molecule has 1 heterocycles. The molecule has 1 aromatic heterocycles. The van der Waals surface area contributed by atoms with Gasteiger partial charge in [0.05, 0.1) is 26.0 Å². The predicted octanol–water partition coefficient (Wildman–Crippen LogP) is 5.06. The number of rotatable bonds is 3. The van der Waals surface area contributed by atoms with E-state index in [2.05, 4.69) is 5.32 Å². The van der Waals surface area contributed by atoms with Gasteiger partial charge < -0.3 is 5.32 Å². The highest BCUT2D eigenvalue weighted by molar-refractivity contribution is 7.16. The zero-order valence-corrected chi connectivity index (χ0v) is 12.6. The molecule has 1 unspecified atom stereocenters. The molecule has 0 aliphatic heterocycles. The third-order valence-corrected chi connectivity index (χ3v) is 5.01. The fourth-order valence-electron chi connectivity index (χ4n) is 2.41. The fourth-order valence-corrected chi connectivity index (χ4v) is 3.93. The highest BCUT2D eigenvalue weighted by atomic mass is 35.5. The van der Waals surface area contributed by atoms with E-state index in [0.29, 0.717) is 10.7 Å². The molecule has 1 aliphatic rings.